The fourth-order valence-corrected chi connectivity index (χ4v) is 6.22. The molecular weight excluding hydrogens is 606 g/mol. The molecule has 2 heterocycles. The summed E-state index contributed by atoms with van der Waals surface area (Å²) in [6.45, 7) is 13.1. The zero-order valence-electron chi connectivity index (χ0n) is 29.1. The number of rotatable bonds is 12. The summed E-state index contributed by atoms with van der Waals surface area (Å²) in [4.78, 5) is 14.9. The van der Waals surface area contributed by atoms with Gasteiger partial charge in [-0.15, -0.1) is 0 Å². The molecule has 1 amide bonds. The molecule has 6 atom stereocenters. The number of carbonyl (C=O) groups is 1. The van der Waals surface area contributed by atoms with Crippen molar-refractivity contribution >= 4 is 6.09 Å². The number of hydrogen-bond donors (Lipinski definition) is 0. The number of carbonyl (C=O) groups excluding carboxylic acids is 1. The quantitative estimate of drug-likeness (QED) is 0.184. The first kappa shape index (κ1) is 35.8. The molecule has 0 bridgehead atoms. The standard InChI is InChI=1S/C40H51NO7/c1-29-35(43-25-30-17-10-7-11-18-30)37(45-27-32-21-14-9-15-22-32)36(44-26-31-19-12-8-13-20-31)34(47-29)24-16-23-33-28-46-40(5,6)41(33)38(42)48-39(2,3)4/h7-22,24,29,33-37H,23,25-28H2,1-6H3/b24-16-/t29-,33-,34-,35+,36+,37+/m0/s1. The summed E-state index contributed by atoms with van der Waals surface area (Å²) in [5.74, 6) is 0. The van der Waals surface area contributed by atoms with E-state index in [1.807, 2.05) is 114 Å². The smallest absolute Gasteiger partial charge is 0.412 e. The van der Waals surface area contributed by atoms with Crippen LogP contribution in [0.1, 0.15) is 64.7 Å². The van der Waals surface area contributed by atoms with E-state index in [-0.39, 0.29) is 24.3 Å². The van der Waals surface area contributed by atoms with Crippen molar-refractivity contribution in [3.63, 3.8) is 0 Å². The molecule has 8 nitrogen and oxygen atoms in total. The molecule has 2 aliphatic heterocycles. The summed E-state index contributed by atoms with van der Waals surface area (Å²) in [5, 5.41) is 0. The summed E-state index contributed by atoms with van der Waals surface area (Å²) in [5.41, 5.74) is 1.81. The van der Waals surface area contributed by atoms with E-state index in [2.05, 4.69) is 30.3 Å². The SMILES string of the molecule is C[C@@H]1O[C@@H](/C=C\C[C@H]2COC(C)(C)N2C(=O)OC(C)(C)C)[C@@H](OCc2ccccc2)[C@H](OCc2ccccc2)[C@@H]1OCc1ccccc1. The third-order valence-electron chi connectivity index (χ3n) is 8.56. The predicted molar refractivity (Wildman–Crippen MR) is 185 cm³/mol. The molecule has 2 saturated heterocycles. The van der Waals surface area contributed by atoms with Crippen molar-refractivity contribution in [2.75, 3.05) is 6.61 Å². The average Bonchev–Trinajstić information content (AvgIpc) is 3.37. The number of nitrogens with zero attached hydrogens (tertiary/aromatic N) is 1. The van der Waals surface area contributed by atoms with Gasteiger partial charge in [0.25, 0.3) is 0 Å². The molecule has 0 aliphatic carbocycles. The predicted octanol–water partition coefficient (Wildman–Crippen LogP) is 7.85. The van der Waals surface area contributed by atoms with Crippen LogP contribution in [-0.4, -0.2) is 65.5 Å². The Morgan fingerprint density at radius 3 is 1.77 bits per heavy atom. The summed E-state index contributed by atoms with van der Waals surface area (Å²) in [6, 6.07) is 30.2. The Hall–Kier alpha value is -3.53. The number of amides is 1. The first-order valence-electron chi connectivity index (χ1n) is 16.9. The maximum atomic E-state index is 13.2. The largest absolute Gasteiger partial charge is 0.444 e. The van der Waals surface area contributed by atoms with Crippen molar-refractivity contribution in [1.29, 1.82) is 0 Å². The van der Waals surface area contributed by atoms with Gasteiger partial charge in [0.05, 0.1) is 38.6 Å². The lowest BCUT2D eigenvalue weighted by Crippen LogP contribution is -2.58. The number of benzene rings is 3. The third-order valence-corrected chi connectivity index (χ3v) is 8.56. The number of ether oxygens (including phenoxy) is 6. The second-order valence-corrected chi connectivity index (χ2v) is 14.0. The van der Waals surface area contributed by atoms with Crippen molar-refractivity contribution in [3.8, 4) is 0 Å². The van der Waals surface area contributed by atoms with Crippen LogP contribution < -0.4 is 0 Å². The van der Waals surface area contributed by atoms with Crippen LogP contribution >= 0.6 is 0 Å². The molecule has 258 valence electrons. The second kappa shape index (κ2) is 16.2. The van der Waals surface area contributed by atoms with Crippen LogP contribution in [0.3, 0.4) is 0 Å². The Kier molecular flexibility index (Phi) is 12.1. The minimum atomic E-state index is -0.780. The van der Waals surface area contributed by atoms with Crippen LogP contribution in [0.15, 0.2) is 103 Å². The molecular formula is C40H51NO7. The van der Waals surface area contributed by atoms with Gasteiger partial charge >= 0.3 is 6.09 Å². The lowest BCUT2D eigenvalue weighted by molar-refractivity contribution is -0.251. The second-order valence-electron chi connectivity index (χ2n) is 14.0. The fraction of sp³-hybridized carbons (Fsp3) is 0.475. The minimum absolute atomic E-state index is 0.192. The highest BCUT2D eigenvalue weighted by molar-refractivity contribution is 5.69. The van der Waals surface area contributed by atoms with Crippen LogP contribution in [-0.2, 0) is 48.2 Å². The van der Waals surface area contributed by atoms with Crippen molar-refractivity contribution in [1.82, 2.24) is 4.90 Å². The summed E-state index contributed by atoms with van der Waals surface area (Å²) >= 11 is 0. The van der Waals surface area contributed by atoms with E-state index in [4.69, 9.17) is 28.4 Å². The van der Waals surface area contributed by atoms with Gasteiger partial charge in [-0.25, -0.2) is 4.79 Å². The lowest BCUT2D eigenvalue weighted by Gasteiger charge is -2.44. The number of hydrogen-bond acceptors (Lipinski definition) is 7. The fourth-order valence-electron chi connectivity index (χ4n) is 6.22. The molecule has 0 N–H and O–H groups in total. The van der Waals surface area contributed by atoms with E-state index in [9.17, 15) is 4.79 Å². The molecule has 48 heavy (non-hydrogen) atoms. The van der Waals surface area contributed by atoms with Gasteiger partial charge < -0.3 is 28.4 Å². The maximum absolute atomic E-state index is 13.2. The van der Waals surface area contributed by atoms with E-state index in [1.54, 1.807) is 4.90 Å². The molecule has 8 heteroatoms. The van der Waals surface area contributed by atoms with Gasteiger partial charge in [0.15, 0.2) is 0 Å². The first-order valence-corrected chi connectivity index (χ1v) is 16.9. The van der Waals surface area contributed by atoms with Crippen molar-refractivity contribution in [2.45, 2.75) is 116 Å². The highest BCUT2D eigenvalue weighted by atomic mass is 16.6. The van der Waals surface area contributed by atoms with Gasteiger partial charge in [0.1, 0.15) is 35.7 Å². The topological polar surface area (TPSA) is 75.7 Å². The molecule has 2 aliphatic rings. The van der Waals surface area contributed by atoms with Gasteiger partial charge in [-0.05, 0) is 64.7 Å². The van der Waals surface area contributed by atoms with Crippen molar-refractivity contribution in [3.05, 3.63) is 120 Å². The lowest BCUT2D eigenvalue weighted by atomic mass is 9.94. The Labute approximate surface area is 285 Å². The molecule has 2 fully saturated rings. The molecule has 5 rings (SSSR count). The summed E-state index contributed by atoms with van der Waals surface area (Å²) in [6.07, 6.45) is 2.28. The van der Waals surface area contributed by atoms with E-state index < -0.39 is 29.6 Å². The van der Waals surface area contributed by atoms with Crippen LogP contribution in [0.5, 0.6) is 0 Å². The molecule has 0 radical (unpaired) electrons. The van der Waals surface area contributed by atoms with Crippen LogP contribution in [0.25, 0.3) is 0 Å². The summed E-state index contributed by atoms with van der Waals surface area (Å²) < 4.78 is 38.4. The first-order chi connectivity index (χ1) is 23.0. The third kappa shape index (κ3) is 9.77. The highest BCUT2D eigenvalue weighted by Gasteiger charge is 2.47. The van der Waals surface area contributed by atoms with Gasteiger partial charge in [-0.2, -0.15) is 0 Å². The minimum Gasteiger partial charge on any atom is -0.444 e. The van der Waals surface area contributed by atoms with Gasteiger partial charge in [-0.3, -0.25) is 4.90 Å². The van der Waals surface area contributed by atoms with E-state index in [0.717, 1.165) is 16.7 Å². The molecule has 0 unspecified atom stereocenters. The van der Waals surface area contributed by atoms with Crippen LogP contribution in [0.2, 0.25) is 0 Å². The molecule has 0 aromatic heterocycles. The Morgan fingerprint density at radius 2 is 1.27 bits per heavy atom. The molecule has 3 aromatic carbocycles. The molecule has 0 saturated carbocycles. The maximum Gasteiger partial charge on any atom is 0.412 e. The van der Waals surface area contributed by atoms with Crippen molar-refractivity contribution < 1.29 is 33.2 Å². The van der Waals surface area contributed by atoms with Gasteiger partial charge in [0, 0.05) is 0 Å². The van der Waals surface area contributed by atoms with Crippen LogP contribution in [0.4, 0.5) is 4.79 Å². The normalized spacial score (nSPS) is 25.8. The zero-order chi connectivity index (χ0) is 34.1. The van der Waals surface area contributed by atoms with E-state index in [0.29, 0.717) is 32.8 Å². The molecule has 0 spiro atoms. The van der Waals surface area contributed by atoms with Crippen LogP contribution in [0, 0.1) is 0 Å². The zero-order valence-corrected chi connectivity index (χ0v) is 29.1. The van der Waals surface area contributed by atoms with E-state index >= 15 is 0 Å². The Bertz CT molecular complexity index is 1440. The average molecular weight is 658 g/mol. The van der Waals surface area contributed by atoms with Gasteiger partial charge in [-0.1, -0.05) is 103 Å². The van der Waals surface area contributed by atoms with Crippen molar-refractivity contribution in [2.24, 2.45) is 0 Å². The molecule has 3 aromatic rings. The van der Waals surface area contributed by atoms with Gasteiger partial charge in [0.2, 0.25) is 0 Å². The summed E-state index contributed by atoms with van der Waals surface area (Å²) in [7, 11) is 0. The highest BCUT2D eigenvalue weighted by Crippen LogP contribution is 2.33. The monoisotopic (exact) mass is 657 g/mol. The Morgan fingerprint density at radius 1 is 0.792 bits per heavy atom. The Balaban J connectivity index is 1.38. The van der Waals surface area contributed by atoms with E-state index in [1.165, 1.54) is 0 Å².